The van der Waals surface area contributed by atoms with E-state index in [-0.39, 0.29) is 5.15 Å². The third kappa shape index (κ3) is 2.73. The molecule has 0 unspecified atom stereocenters. The SMILES string of the molecule is CCc1c(Cl)[nH]c(=O)n(-c2ccc(Cl)cc2I)c1=O. The molecule has 100 valence electrons. The molecule has 0 aliphatic carbocycles. The number of aromatic amines is 1. The summed E-state index contributed by atoms with van der Waals surface area (Å²) in [7, 11) is 0. The van der Waals surface area contributed by atoms with E-state index in [1.54, 1.807) is 25.1 Å². The van der Waals surface area contributed by atoms with Crippen LogP contribution in [0.25, 0.3) is 5.69 Å². The summed E-state index contributed by atoms with van der Waals surface area (Å²) in [5.74, 6) is 0. The average molecular weight is 411 g/mol. The standard InChI is InChI=1S/C12H9Cl2IN2O2/c1-2-7-10(14)16-12(19)17(11(7)18)9-4-3-6(13)5-8(9)15/h3-5H,2H2,1H3,(H,16,19). The molecule has 0 aliphatic heterocycles. The second-order valence-electron chi connectivity index (χ2n) is 3.81. The molecule has 0 spiro atoms. The first-order chi connectivity index (χ1) is 8.95. The number of nitrogens with zero attached hydrogens (tertiary/aromatic N) is 1. The second-order valence-corrected chi connectivity index (χ2v) is 5.79. The summed E-state index contributed by atoms with van der Waals surface area (Å²) in [6, 6.07) is 4.95. The molecule has 0 amide bonds. The monoisotopic (exact) mass is 410 g/mol. The van der Waals surface area contributed by atoms with Crippen molar-refractivity contribution in [3.05, 3.63) is 58.3 Å². The van der Waals surface area contributed by atoms with Gasteiger partial charge in [0.15, 0.2) is 0 Å². The van der Waals surface area contributed by atoms with Crippen LogP contribution in [0.15, 0.2) is 27.8 Å². The lowest BCUT2D eigenvalue weighted by Crippen LogP contribution is -2.36. The molecule has 1 N–H and O–H groups in total. The van der Waals surface area contributed by atoms with Gasteiger partial charge in [-0.05, 0) is 47.2 Å². The topological polar surface area (TPSA) is 54.9 Å². The van der Waals surface area contributed by atoms with Crippen LogP contribution in [-0.2, 0) is 6.42 Å². The molecule has 1 heterocycles. The predicted molar refractivity (Wildman–Crippen MR) is 84.8 cm³/mol. The fraction of sp³-hybridized carbons (Fsp3) is 0.167. The minimum Gasteiger partial charge on any atom is -0.297 e. The van der Waals surface area contributed by atoms with Crippen molar-refractivity contribution in [3.8, 4) is 5.69 Å². The van der Waals surface area contributed by atoms with Crippen molar-refractivity contribution in [1.29, 1.82) is 0 Å². The molecule has 2 rings (SSSR count). The molecule has 19 heavy (non-hydrogen) atoms. The molecule has 7 heteroatoms. The number of rotatable bonds is 2. The smallest absolute Gasteiger partial charge is 0.297 e. The maximum absolute atomic E-state index is 12.3. The van der Waals surface area contributed by atoms with Crippen LogP contribution < -0.4 is 11.2 Å². The number of hydrogen-bond acceptors (Lipinski definition) is 2. The number of benzene rings is 1. The van der Waals surface area contributed by atoms with Crippen molar-refractivity contribution in [2.75, 3.05) is 0 Å². The Hall–Kier alpha value is -0.790. The van der Waals surface area contributed by atoms with Crippen LogP contribution in [0.4, 0.5) is 0 Å². The van der Waals surface area contributed by atoms with E-state index in [0.717, 1.165) is 4.57 Å². The van der Waals surface area contributed by atoms with Crippen LogP contribution in [0, 0.1) is 3.57 Å². The highest BCUT2D eigenvalue weighted by Crippen LogP contribution is 2.20. The van der Waals surface area contributed by atoms with Gasteiger partial charge in [-0.25, -0.2) is 9.36 Å². The van der Waals surface area contributed by atoms with Crippen molar-refractivity contribution in [2.24, 2.45) is 0 Å². The van der Waals surface area contributed by atoms with Gasteiger partial charge in [0, 0.05) is 8.59 Å². The van der Waals surface area contributed by atoms with Gasteiger partial charge < -0.3 is 0 Å². The normalized spacial score (nSPS) is 10.7. The summed E-state index contributed by atoms with van der Waals surface area (Å²) in [6.45, 7) is 1.80. The zero-order valence-electron chi connectivity index (χ0n) is 9.84. The minimum atomic E-state index is -0.563. The van der Waals surface area contributed by atoms with Crippen LogP contribution in [0.2, 0.25) is 10.2 Å². The summed E-state index contributed by atoms with van der Waals surface area (Å²) in [4.78, 5) is 26.7. The average Bonchev–Trinajstić information content (AvgIpc) is 2.31. The molecule has 0 atom stereocenters. The zero-order valence-corrected chi connectivity index (χ0v) is 13.5. The summed E-state index contributed by atoms with van der Waals surface area (Å²) in [5, 5.41) is 0.639. The molecule has 1 aromatic carbocycles. The lowest BCUT2D eigenvalue weighted by Gasteiger charge is -2.09. The summed E-state index contributed by atoms with van der Waals surface area (Å²) in [5.41, 5.74) is -0.0986. The van der Waals surface area contributed by atoms with E-state index in [9.17, 15) is 9.59 Å². The molecule has 4 nitrogen and oxygen atoms in total. The Morgan fingerprint density at radius 3 is 2.58 bits per heavy atom. The van der Waals surface area contributed by atoms with E-state index in [1.165, 1.54) is 0 Å². The van der Waals surface area contributed by atoms with Gasteiger partial charge in [-0.15, -0.1) is 0 Å². The highest BCUT2D eigenvalue weighted by molar-refractivity contribution is 14.1. The van der Waals surface area contributed by atoms with Crippen LogP contribution in [0.3, 0.4) is 0 Å². The number of halogens is 3. The van der Waals surface area contributed by atoms with Gasteiger partial charge in [-0.1, -0.05) is 30.1 Å². The van der Waals surface area contributed by atoms with Gasteiger partial charge in [0.1, 0.15) is 5.15 Å². The first kappa shape index (κ1) is 14.6. The maximum atomic E-state index is 12.3. The predicted octanol–water partition coefficient (Wildman–Crippen LogP) is 3.00. The van der Waals surface area contributed by atoms with E-state index in [1.807, 2.05) is 22.6 Å². The molecule has 1 aromatic heterocycles. The van der Waals surface area contributed by atoms with Gasteiger partial charge >= 0.3 is 5.69 Å². The number of aromatic nitrogens is 2. The molecule has 0 radical (unpaired) electrons. The van der Waals surface area contributed by atoms with Crippen molar-refractivity contribution < 1.29 is 0 Å². The van der Waals surface area contributed by atoms with E-state index in [2.05, 4.69) is 4.98 Å². The quantitative estimate of drug-likeness (QED) is 0.611. The fourth-order valence-electron chi connectivity index (χ4n) is 1.73. The van der Waals surface area contributed by atoms with Crippen molar-refractivity contribution >= 4 is 45.8 Å². The molecule has 0 bridgehead atoms. The van der Waals surface area contributed by atoms with Crippen LogP contribution in [0.5, 0.6) is 0 Å². The van der Waals surface area contributed by atoms with Crippen molar-refractivity contribution in [3.63, 3.8) is 0 Å². The van der Waals surface area contributed by atoms with Crippen LogP contribution >= 0.6 is 45.8 Å². The Kier molecular flexibility index (Phi) is 4.37. The van der Waals surface area contributed by atoms with E-state index >= 15 is 0 Å². The Labute approximate surface area is 132 Å². The Morgan fingerprint density at radius 2 is 2.00 bits per heavy atom. The van der Waals surface area contributed by atoms with Crippen LogP contribution in [0.1, 0.15) is 12.5 Å². The summed E-state index contributed by atoms with van der Waals surface area (Å²) < 4.78 is 1.78. The first-order valence-corrected chi connectivity index (χ1v) is 7.28. The third-order valence-corrected chi connectivity index (χ3v) is 4.07. The summed E-state index contributed by atoms with van der Waals surface area (Å²) >= 11 is 13.8. The molecule has 0 fully saturated rings. The lowest BCUT2D eigenvalue weighted by atomic mass is 10.2. The Morgan fingerprint density at radius 1 is 1.32 bits per heavy atom. The molecular formula is C12H9Cl2IN2O2. The molecule has 0 saturated carbocycles. The van der Waals surface area contributed by atoms with Gasteiger partial charge in [0.25, 0.3) is 5.56 Å². The zero-order chi connectivity index (χ0) is 14.2. The van der Waals surface area contributed by atoms with Gasteiger partial charge in [-0.2, -0.15) is 0 Å². The third-order valence-electron chi connectivity index (χ3n) is 2.65. The molecular weight excluding hydrogens is 402 g/mol. The Bertz CT molecular complexity index is 752. The first-order valence-electron chi connectivity index (χ1n) is 5.44. The van der Waals surface area contributed by atoms with E-state index in [4.69, 9.17) is 23.2 Å². The van der Waals surface area contributed by atoms with E-state index in [0.29, 0.717) is 26.3 Å². The fourth-order valence-corrected chi connectivity index (χ4v) is 3.14. The van der Waals surface area contributed by atoms with Gasteiger partial charge in [0.05, 0.1) is 11.3 Å². The Balaban J connectivity index is 2.83. The highest BCUT2D eigenvalue weighted by atomic mass is 127. The molecule has 2 aromatic rings. The van der Waals surface area contributed by atoms with Gasteiger partial charge in [0.2, 0.25) is 0 Å². The van der Waals surface area contributed by atoms with Crippen LogP contribution in [-0.4, -0.2) is 9.55 Å². The van der Waals surface area contributed by atoms with Crippen molar-refractivity contribution in [2.45, 2.75) is 13.3 Å². The summed E-state index contributed by atoms with van der Waals surface area (Å²) in [6.07, 6.45) is 0.443. The molecule has 0 aliphatic rings. The number of nitrogens with one attached hydrogen (secondary N) is 1. The number of hydrogen-bond donors (Lipinski definition) is 1. The van der Waals surface area contributed by atoms with E-state index < -0.39 is 11.2 Å². The largest absolute Gasteiger partial charge is 0.334 e. The van der Waals surface area contributed by atoms with Crippen molar-refractivity contribution in [1.82, 2.24) is 9.55 Å². The number of H-pyrrole nitrogens is 1. The lowest BCUT2D eigenvalue weighted by molar-refractivity contribution is 0.839. The maximum Gasteiger partial charge on any atom is 0.334 e. The molecule has 0 saturated heterocycles. The minimum absolute atomic E-state index is 0.0951. The van der Waals surface area contributed by atoms with Gasteiger partial charge in [-0.3, -0.25) is 9.78 Å². The second kappa shape index (κ2) is 5.68. The highest BCUT2D eigenvalue weighted by Gasteiger charge is 2.14.